The van der Waals surface area contributed by atoms with Crippen molar-refractivity contribution in [2.45, 2.75) is 32.6 Å². The van der Waals surface area contributed by atoms with Gasteiger partial charge in [-0.1, -0.05) is 29.3 Å². The fourth-order valence-electron chi connectivity index (χ4n) is 2.50. The fraction of sp³-hybridized carbons (Fsp3) is 0.588. The van der Waals surface area contributed by atoms with Gasteiger partial charge in [0.25, 0.3) is 5.91 Å². The van der Waals surface area contributed by atoms with Crippen molar-refractivity contribution < 1.29 is 9.53 Å². The fourth-order valence-corrected chi connectivity index (χ4v) is 3.15. The van der Waals surface area contributed by atoms with Crippen molar-refractivity contribution in [3.05, 3.63) is 29.8 Å². The third-order valence-corrected chi connectivity index (χ3v) is 4.90. The molecule has 1 aromatic carbocycles. The number of nitrogens with zero attached hydrogens (tertiary/aromatic N) is 1. The van der Waals surface area contributed by atoms with Crippen molar-refractivity contribution in [3.63, 3.8) is 0 Å². The second-order valence-electron chi connectivity index (χ2n) is 5.62. The summed E-state index contributed by atoms with van der Waals surface area (Å²) in [6, 6.07) is 7.54. The zero-order valence-electron chi connectivity index (χ0n) is 12.7. The molecule has 1 fully saturated rings. The zero-order valence-corrected chi connectivity index (χ0v) is 14.3. The molecule has 0 atom stereocenters. The van der Waals surface area contributed by atoms with Crippen LogP contribution in [0.2, 0.25) is 0 Å². The van der Waals surface area contributed by atoms with Crippen LogP contribution >= 0.6 is 15.9 Å². The van der Waals surface area contributed by atoms with Gasteiger partial charge in [-0.05, 0) is 49.4 Å². The lowest BCUT2D eigenvalue weighted by atomic mass is 9.98. The molecule has 0 radical (unpaired) electrons. The van der Waals surface area contributed by atoms with Crippen LogP contribution in [-0.4, -0.2) is 35.8 Å². The van der Waals surface area contributed by atoms with Gasteiger partial charge in [0, 0.05) is 24.0 Å². The first-order valence-electron chi connectivity index (χ1n) is 7.82. The first-order chi connectivity index (χ1) is 10.2. The molecule has 21 heavy (non-hydrogen) atoms. The molecule has 1 aromatic rings. The van der Waals surface area contributed by atoms with Crippen LogP contribution in [0.25, 0.3) is 0 Å². The molecule has 0 saturated carbocycles. The molecule has 0 unspecified atom stereocenters. The minimum atomic E-state index is 0.142. The number of carbonyl (C=O) groups excluding carboxylic acids is 1. The van der Waals surface area contributed by atoms with Gasteiger partial charge < -0.3 is 9.64 Å². The number of carbonyl (C=O) groups is 1. The van der Waals surface area contributed by atoms with E-state index in [1.54, 1.807) is 0 Å². The molecule has 0 bridgehead atoms. The Hall–Kier alpha value is -1.03. The van der Waals surface area contributed by atoms with Gasteiger partial charge in [0.1, 0.15) is 5.75 Å². The molecule has 1 aliphatic heterocycles. The monoisotopic (exact) mass is 353 g/mol. The standard InChI is InChI=1S/C17H24BrNO2/c1-2-3-12-21-16-6-4-15(5-7-16)17(20)19-10-8-14(13-18)9-11-19/h4-7,14H,2-3,8-13H2,1H3. The average Bonchev–Trinajstić information content (AvgIpc) is 2.55. The van der Waals surface area contributed by atoms with Gasteiger partial charge in [0.15, 0.2) is 0 Å². The molecule has 1 heterocycles. The lowest BCUT2D eigenvalue weighted by Gasteiger charge is -2.31. The number of likely N-dealkylation sites (tertiary alicyclic amines) is 1. The number of rotatable bonds is 6. The lowest BCUT2D eigenvalue weighted by Crippen LogP contribution is -2.38. The highest BCUT2D eigenvalue weighted by Gasteiger charge is 2.22. The van der Waals surface area contributed by atoms with Gasteiger partial charge in [-0.25, -0.2) is 0 Å². The minimum Gasteiger partial charge on any atom is -0.494 e. The number of piperidine rings is 1. The van der Waals surface area contributed by atoms with Gasteiger partial charge in [0.05, 0.1) is 6.61 Å². The summed E-state index contributed by atoms with van der Waals surface area (Å²) < 4.78 is 5.63. The first-order valence-corrected chi connectivity index (χ1v) is 8.94. The van der Waals surface area contributed by atoms with E-state index in [9.17, 15) is 4.79 Å². The summed E-state index contributed by atoms with van der Waals surface area (Å²) in [5.41, 5.74) is 0.759. The van der Waals surface area contributed by atoms with Crippen molar-refractivity contribution in [1.29, 1.82) is 0 Å². The maximum atomic E-state index is 12.4. The second kappa shape index (κ2) is 8.42. The van der Waals surface area contributed by atoms with Crippen molar-refractivity contribution in [2.75, 3.05) is 25.0 Å². The van der Waals surface area contributed by atoms with Gasteiger partial charge in [-0.2, -0.15) is 0 Å². The van der Waals surface area contributed by atoms with E-state index in [1.807, 2.05) is 29.2 Å². The Morgan fingerprint density at radius 2 is 1.95 bits per heavy atom. The molecular formula is C17H24BrNO2. The number of benzene rings is 1. The van der Waals surface area contributed by atoms with Crippen LogP contribution in [-0.2, 0) is 0 Å². The molecule has 4 heteroatoms. The molecule has 1 aliphatic rings. The van der Waals surface area contributed by atoms with Crippen LogP contribution in [0.4, 0.5) is 0 Å². The summed E-state index contributed by atoms with van der Waals surface area (Å²) in [4.78, 5) is 14.4. The summed E-state index contributed by atoms with van der Waals surface area (Å²) in [7, 11) is 0. The van der Waals surface area contributed by atoms with Crippen molar-refractivity contribution in [2.24, 2.45) is 5.92 Å². The van der Waals surface area contributed by atoms with E-state index in [1.165, 1.54) is 0 Å². The van der Waals surface area contributed by atoms with E-state index >= 15 is 0 Å². The van der Waals surface area contributed by atoms with Crippen LogP contribution in [0.15, 0.2) is 24.3 Å². The molecule has 2 rings (SSSR count). The molecule has 0 aromatic heterocycles. The Kier molecular flexibility index (Phi) is 6.55. The summed E-state index contributed by atoms with van der Waals surface area (Å²) >= 11 is 3.53. The number of ether oxygens (including phenoxy) is 1. The third-order valence-electron chi connectivity index (χ3n) is 3.99. The summed E-state index contributed by atoms with van der Waals surface area (Å²) in [5, 5.41) is 1.04. The predicted molar refractivity (Wildman–Crippen MR) is 89.3 cm³/mol. The van der Waals surface area contributed by atoms with Gasteiger partial charge in [-0.15, -0.1) is 0 Å². The molecule has 1 saturated heterocycles. The summed E-state index contributed by atoms with van der Waals surface area (Å²) in [6.45, 7) is 4.61. The van der Waals surface area contributed by atoms with Gasteiger partial charge in [0.2, 0.25) is 0 Å². The predicted octanol–water partition coefficient (Wildman–Crippen LogP) is 4.11. The highest BCUT2D eigenvalue weighted by molar-refractivity contribution is 9.09. The van der Waals surface area contributed by atoms with E-state index in [0.29, 0.717) is 5.92 Å². The van der Waals surface area contributed by atoms with Crippen LogP contribution in [0, 0.1) is 5.92 Å². The van der Waals surface area contributed by atoms with Gasteiger partial charge in [-0.3, -0.25) is 4.79 Å². The van der Waals surface area contributed by atoms with Crippen LogP contribution in [0.5, 0.6) is 5.75 Å². The Morgan fingerprint density at radius 1 is 1.29 bits per heavy atom. The Morgan fingerprint density at radius 3 is 2.52 bits per heavy atom. The largest absolute Gasteiger partial charge is 0.494 e. The summed E-state index contributed by atoms with van der Waals surface area (Å²) in [6.07, 6.45) is 4.37. The van der Waals surface area contributed by atoms with Crippen molar-refractivity contribution in [3.8, 4) is 5.75 Å². The highest BCUT2D eigenvalue weighted by Crippen LogP contribution is 2.21. The SMILES string of the molecule is CCCCOc1ccc(C(=O)N2CCC(CBr)CC2)cc1. The smallest absolute Gasteiger partial charge is 0.253 e. The Bertz CT molecular complexity index is 439. The minimum absolute atomic E-state index is 0.142. The highest BCUT2D eigenvalue weighted by atomic mass is 79.9. The van der Waals surface area contributed by atoms with Crippen LogP contribution in [0.1, 0.15) is 43.0 Å². The van der Waals surface area contributed by atoms with Crippen molar-refractivity contribution >= 4 is 21.8 Å². The summed E-state index contributed by atoms with van der Waals surface area (Å²) in [5.74, 6) is 1.70. The van der Waals surface area contributed by atoms with E-state index in [-0.39, 0.29) is 5.91 Å². The molecule has 0 N–H and O–H groups in total. The lowest BCUT2D eigenvalue weighted by molar-refractivity contribution is 0.0699. The topological polar surface area (TPSA) is 29.5 Å². The number of hydrogen-bond donors (Lipinski definition) is 0. The molecular weight excluding hydrogens is 330 g/mol. The Labute approximate surface area is 135 Å². The normalized spacial score (nSPS) is 16.0. The van der Waals surface area contributed by atoms with E-state index in [0.717, 1.165) is 62.0 Å². The maximum Gasteiger partial charge on any atom is 0.253 e. The van der Waals surface area contributed by atoms with E-state index < -0.39 is 0 Å². The number of alkyl halides is 1. The molecule has 1 amide bonds. The number of hydrogen-bond acceptors (Lipinski definition) is 2. The van der Waals surface area contributed by atoms with Crippen LogP contribution in [0.3, 0.4) is 0 Å². The molecule has 3 nitrogen and oxygen atoms in total. The molecule has 0 aliphatic carbocycles. The third kappa shape index (κ3) is 4.73. The van der Waals surface area contributed by atoms with Crippen molar-refractivity contribution in [1.82, 2.24) is 4.90 Å². The Balaban J connectivity index is 1.88. The second-order valence-corrected chi connectivity index (χ2v) is 6.26. The first kappa shape index (κ1) is 16.3. The number of unbranched alkanes of at least 4 members (excludes halogenated alkanes) is 1. The average molecular weight is 354 g/mol. The number of amides is 1. The van der Waals surface area contributed by atoms with E-state index in [4.69, 9.17) is 4.74 Å². The maximum absolute atomic E-state index is 12.4. The van der Waals surface area contributed by atoms with E-state index in [2.05, 4.69) is 22.9 Å². The van der Waals surface area contributed by atoms with Gasteiger partial charge >= 0.3 is 0 Å². The van der Waals surface area contributed by atoms with Crippen LogP contribution < -0.4 is 4.74 Å². The zero-order chi connectivity index (χ0) is 15.1. The quantitative estimate of drug-likeness (QED) is 0.568. The number of halogens is 1. The molecule has 0 spiro atoms. The molecule has 116 valence electrons.